The fourth-order valence-corrected chi connectivity index (χ4v) is 1.72. The highest BCUT2D eigenvalue weighted by Gasteiger charge is 2.01. The molecule has 0 bridgehead atoms. The molecular formula is C15H25N3O. The summed E-state index contributed by atoms with van der Waals surface area (Å²) in [4.78, 5) is 13.7. The molecule has 2 N–H and O–H groups in total. The summed E-state index contributed by atoms with van der Waals surface area (Å²) < 4.78 is 0. The second-order valence-corrected chi connectivity index (χ2v) is 5.16. The second-order valence-electron chi connectivity index (χ2n) is 5.16. The van der Waals surface area contributed by atoms with E-state index in [4.69, 9.17) is 0 Å². The van der Waals surface area contributed by atoms with Gasteiger partial charge in [0, 0.05) is 12.2 Å². The van der Waals surface area contributed by atoms with Gasteiger partial charge in [-0.2, -0.15) is 0 Å². The Bertz CT molecular complexity index is 416. The van der Waals surface area contributed by atoms with Gasteiger partial charge in [-0.1, -0.05) is 6.07 Å². The molecule has 0 saturated heterocycles. The summed E-state index contributed by atoms with van der Waals surface area (Å²) in [7, 11) is 4.06. The minimum Gasteiger partial charge on any atom is -0.376 e. The van der Waals surface area contributed by atoms with E-state index in [9.17, 15) is 4.79 Å². The van der Waals surface area contributed by atoms with E-state index in [1.807, 2.05) is 20.2 Å². The summed E-state index contributed by atoms with van der Waals surface area (Å²) in [5.74, 6) is 0.0389. The molecule has 0 aliphatic carbocycles. The van der Waals surface area contributed by atoms with Crippen LogP contribution in [0.1, 0.15) is 17.5 Å². The Kier molecular flexibility index (Phi) is 6.36. The van der Waals surface area contributed by atoms with Crippen LogP contribution in [0.3, 0.4) is 0 Å². The Morgan fingerprint density at radius 3 is 2.58 bits per heavy atom. The lowest BCUT2D eigenvalue weighted by Gasteiger charge is -2.11. The minimum atomic E-state index is 0.0389. The molecule has 19 heavy (non-hydrogen) atoms. The first kappa shape index (κ1) is 15.5. The van der Waals surface area contributed by atoms with E-state index in [0.717, 1.165) is 25.2 Å². The number of hydrogen-bond donors (Lipinski definition) is 2. The number of aryl methyl sites for hydroxylation is 2. The molecule has 1 rings (SSSR count). The van der Waals surface area contributed by atoms with Crippen molar-refractivity contribution in [3.8, 4) is 0 Å². The number of rotatable bonds is 7. The number of nitrogens with one attached hydrogen (secondary N) is 2. The van der Waals surface area contributed by atoms with Crippen molar-refractivity contribution < 1.29 is 4.79 Å². The SMILES string of the molecule is Cc1ccc(NCC(=O)NCCCN(C)C)cc1C. The maximum Gasteiger partial charge on any atom is 0.239 e. The average molecular weight is 263 g/mol. The molecule has 106 valence electrons. The fraction of sp³-hybridized carbons (Fsp3) is 0.533. The largest absolute Gasteiger partial charge is 0.376 e. The monoisotopic (exact) mass is 263 g/mol. The first-order chi connectivity index (χ1) is 8.99. The van der Waals surface area contributed by atoms with Gasteiger partial charge in [0.25, 0.3) is 0 Å². The van der Waals surface area contributed by atoms with E-state index < -0.39 is 0 Å². The first-order valence-corrected chi connectivity index (χ1v) is 6.71. The van der Waals surface area contributed by atoms with E-state index in [1.54, 1.807) is 0 Å². The number of benzene rings is 1. The lowest BCUT2D eigenvalue weighted by atomic mass is 10.1. The minimum absolute atomic E-state index is 0.0389. The van der Waals surface area contributed by atoms with Crippen LogP contribution in [0.15, 0.2) is 18.2 Å². The summed E-state index contributed by atoms with van der Waals surface area (Å²) in [5, 5.41) is 6.05. The molecule has 0 spiro atoms. The van der Waals surface area contributed by atoms with Crippen LogP contribution in [0.4, 0.5) is 5.69 Å². The van der Waals surface area contributed by atoms with Gasteiger partial charge in [0.2, 0.25) is 5.91 Å². The molecule has 0 fully saturated rings. The zero-order valence-corrected chi connectivity index (χ0v) is 12.4. The number of anilines is 1. The molecule has 1 aromatic rings. The number of carbonyl (C=O) groups is 1. The summed E-state index contributed by atoms with van der Waals surface area (Å²) in [6.45, 7) is 6.19. The zero-order chi connectivity index (χ0) is 14.3. The Morgan fingerprint density at radius 2 is 1.95 bits per heavy atom. The summed E-state index contributed by atoms with van der Waals surface area (Å²) in [5.41, 5.74) is 3.49. The fourth-order valence-electron chi connectivity index (χ4n) is 1.72. The zero-order valence-electron chi connectivity index (χ0n) is 12.4. The predicted octanol–water partition coefficient (Wildman–Crippen LogP) is 1.78. The molecule has 4 heteroatoms. The molecule has 0 heterocycles. The van der Waals surface area contributed by atoms with Gasteiger partial charge >= 0.3 is 0 Å². The van der Waals surface area contributed by atoms with E-state index >= 15 is 0 Å². The average Bonchev–Trinajstić information content (AvgIpc) is 2.36. The van der Waals surface area contributed by atoms with Crippen LogP contribution in [-0.4, -0.2) is 44.5 Å². The summed E-state index contributed by atoms with van der Waals surface area (Å²) in [6.07, 6.45) is 0.975. The van der Waals surface area contributed by atoms with Crippen molar-refractivity contribution in [2.45, 2.75) is 20.3 Å². The van der Waals surface area contributed by atoms with Crippen molar-refractivity contribution in [3.05, 3.63) is 29.3 Å². The predicted molar refractivity (Wildman–Crippen MR) is 80.6 cm³/mol. The van der Waals surface area contributed by atoms with Crippen LogP contribution in [0.2, 0.25) is 0 Å². The van der Waals surface area contributed by atoms with Crippen molar-refractivity contribution in [1.82, 2.24) is 10.2 Å². The van der Waals surface area contributed by atoms with Crippen LogP contribution in [-0.2, 0) is 4.79 Å². The van der Waals surface area contributed by atoms with Gasteiger partial charge in [0.15, 0.2) is 0 Å². The highest BCUT2D eigenvalue weighted by molar-refractivity contribution is 5.80. The van der Waals surface area contributed by atoms with Gasteiger partial charge in [-0.3, -0.25) is 4.79 Å². The standard InChI is InChI=1S/C15H25N3O/c1-12-6-7-14(10-13(12)2)17-11-15(19)16-8-5-9-18(3)4/h6-7,10,17H,5,8-9,11H2,1-4H3,(H,16,19). The molecule has 1 aromatic carbocycles. The number of hydrogen-bond acceptors (Lipinski definition) is 3. The molecule has 0 saturated carbocycles. The van der Waals surface area contributed by atoms with Crippen LogP contribution in [0, 0.1) is 13.8 Å². The molecule has 0 unspecified atom stereocenters. The van der Waals surface area contributed by atoms with Crippen molar-refractivity contribution in [3.63, 3.8) is 0 Å². The van der Waals surface area contributed by atoms with E-state index in [0.29, 0.717) is 6.54 Å². The highest BCUT2D eigenvalue weighted by atomic mass is 16.1. The molecule has 0 aromatic heterocycles. The molecule has 0 radical (unpaired) electrons. The van der Waals surface area contributed by atoms with Gasteiger partial charge in [0.05, 0.1) is 6.54 Å². The number of carbonyl (C=O) groups excluding carboxylic acids is 1. The van der Waals surface area contributed by atoms with Crippen molar-refractivity contribution in [2.24, 2.45) is 0 Å². The van der Waals surface area contributed by atoms with Gasteiger partial charge in [-0.05, 0) is 64.2 Å². The van der Waals surface area contributed by atoms with Gasteiger partial charge in [-0.25, -0.2) is 0 Å². The van der Waals surface area contributed by atoms with E-state index in [2.05, 4.69) is 41.5 Å². The lowest BCUT2D eigenvalue weighted by Crippen LogP contribution is -2.31. The molecule has 0 aliphatic heterocycles. The topological polar surface area (TPSA) is 44.4 Å². The molecular weight excluding hydrogens is 238 g/mol. The maximum atomic E-state index is 11.6. The van der Waals surface area contributed by atoms with Crippen molar-refractivity contribution in [1.29, 1.82) is 0 Å². The maximum absolute atomic E-state index is 11.6. The molecule has 4 nitrogen and oxygen atoms in total. The third kappa shape index (κ3) is 6.25. The van der Waals surface area contributed by atoms with Crippen LogP contribution < -0.4 is 10.6 Å². The van der Waals surface area contributed by atoms with Crippen molar-refractivity contribution >= 4 is 11.6 Å². The molecule has 0 aliphatic rings. The second kappa shape index (κ2) is 7.79. The third-order valence-electron chi connectivity index (χ3n) is 3.06. The number of nitrogens with zero attached hydrogens (tertiary/aromatic N) is 1. The normalized spacial score (nSPS) is 10.6. The first-order valence-electron chi connectivity index (χ1n) is 6.71. The smallest absolute Gasteiger partial charge is 0.239 e. The quantitative estimate of drug-likeness (QED) is 0.737. The number of amides is 1. The highest BCUT2D eigenvalue weighted by Crippen LogP contribution is 2.13. The van der Waals surface area contributed by atoms with Crippen LogP contribution >= 0.6 is 0 Å². The van der Waals surface area contributed by atoms with Gasteiger partial charge in [-0.15, -0.1) is 0 Å². The summed E-state index contributed by atoms with van der Waals surface area (Å²) in [6, 6.07) is 6.13. The Balaban J connectivity index is 2.24. The van der Waals surface area contributed by atoms with Crippen LogP contribution in [0.5, 0.6) is 0 Å². The van der Waals surface area contributed by atoms with Crippen LogP contribution in [0.25, 0.3) is 0 Å². The lowest BCUT2D eigenvalue weighted by molar-refractivity contribution is -0.119. The van der Waals surface area contributed by atoms with Gasteiger partial charge < -0.3 is 15.5 Å². The van der Waals surface area contributed by atoms with E-state index in [1.165, 1.54) is 11.1 Å². The Labute approximate surface area is 116 Å². The van der Waals surface area contributed by atoms with Crippen molar-refractivity contribution in [2.75, 3.05) is 39.0 Å². The summed E-state index contributed by atoms with van der Waals surface area (Å²) >= 11 is 0. The third-order valence-corrected chi connectivity index (χ3v) is 3.06. The Hall–Kier alpha value is -1.55. The molecule has 0 atom stereocenters. The van der Waals surface area contributed by atoms with Gasteiger partial charge in [0.1, 0.15) is 0 Å². The van der Waals surface area contributed by atoms with E-state index in [-0.39, 0.29) is 5.91 Å². The Morgan fingerprint density at radius 1 is 1.21 bits per heavy atom. The molecule has 1 amide bonds.